The topological polar surface area (TPSA) is 50.8 Å². The van der Waals surface area contributed by atoms with Gasteiger partial charge in [-0.05, 0) is 53.1 Å². The Bertz CT molecular complexity index is 306. The molecule has 1 rings (SSSR count). The Morgan fingerprint density at radius 3 is 2.81 bits per heavy atom. The molecule has 5 heteroatoms. The van der Waals surface area contributed by atoms with Crippen LogP contribution in [0.5, 0.6) is 0 Å². The number of rotatable bonds is 10. The van der Waals surface area contributed by atoms with Gasteiger partial charge in [-0.3, -0.25) is 4.79 Å². The Labute approximate surface area is 129 Å². The van der Waals surface area contributed by atoms with Gasteiger partial charge in [-0.1, -0.05) is 6.92 Å². The molecule has 1 heterocycles. The Kier molecular flexibility index (Phi) is 8.22. The average molecular weight is 300 g/mol. The van der Waals surface area contributed by atoms with Crippen LogP contribution in [0.2, 0.25) is 0 Å². The maximum absolute atomic E-state index is 12.2. The zero-order chi connectivity index (χ0) is 15.7. The predicted octanol–water partition coefficient (Wildman–Crippen LogP) is 1.81. The van der Waals surface area contributed by atoms with Gasteiger partial charge in [0, 0.05) is 19.7 Å². The molecule has 2 unspecified atom stereocenters. The third-order valence-electron chi connectivity index (χ3n) is 4.02. The van der Waals surface area contributed by atoms with Crippen LogP contribution in [0.15, 0.2) is 0 Å². The third-order valence-corrected chi connectivity index (χ3v) is 4.02. The molecule has 124 valence electrons. The zero-order valence-corrected chi connectivity index (χ0v) is 14.1. The summed E-state index contributed by atoms with van der Waals surface area (Å²) in [4.78, 5) is 14.5. The molecule has 0 amide bonds. The average Bonchev–Trinajstić information content (AvgIpc) is 2.96. The molecule has 0 bridgehead atoms. The molecule has 1 saturated heterocycles. The zero-order valence-electron chi connectivity index (χ0n) is 14.1. The molecule has 1 aliphatic heterocycles. The lowest BCUT2D eigenvalue weighted by molar-refractivity contribution is -0.151. The van der Waals surface area contributed by atoms with E-state index in [4.69, 9.17) is 9.47 Å². The standard InChI is InChI=1S/C16H32N2O3/c1-5-10-17-16(3,15(19)20-6-2)9-11-18(4)13-14-8-7-12-21-14/h14,17H,5-13H2,1-4H3. The Hall–Kier alpha value is -0.650. The number of hydrogen-bond acceptors (Lipinski definition) is 5. The minimum atomic E-state index is -0.600. The van der Waals surface area contributed by atoms with E-state index in [2.05, 4.69) is 24.2 Å². The second-order valence-electron chi connectivity index (χ2n) is 6.13. The van der Waals surface area contributed by atoms with E-state index in [-0.39, 0.29) is 5.97 Å². The fourth-order valence-electron chi connectivity index (χ4n) is 2.60. The van der Waals surface area contributed by atoms with Gasteiger partial charge in [0.25, 0.3) is 0 Å². The third kappa shape index (κ3) is 6.32. The Balaban J connectivity index is 2.44. The smallest absolute Gasteiger partial charge is 0.326 e. The van der Waals surface area contributed by atoms with Gasteiger partial charge in [-0.15, -0.1) is 0 Å². The second-order valence-corrected chi connectivity index (χ2v) is 6.13. The molecule has 1 aliphatic rings. The van der Waals surface area contributed by atoms with Crippen molar-refractivity contribution in [3.05, 3.63) is 0 Å². The van der Waals surface area contributed by atoms with Crippen LogP contribution in [0.4, 0.5) is 0 Å². The molecule has 0 aromatic carbocycles. The molecule has 5 nitrogen and oxygen atoms in total. The summed E-state index contributed by atoms with van der Waals surface area (Å²) < 4.78 is 10.9. The molecule has 0 saturated carbocycles. The molecule has 1 fully saturated rings. The number of ether oxygens (including phenoxy) is 2. The van der Waals surface area contributed by atoms with Crippen molar-refractivity contribution in [2.24, 2.45) is 0 Å². The summed E-state index contributed by atoms with van der Waals surface area (Å²) in [5.41, 5.74) is -0.600. The Morgan fingerprint density at radius 1 is 1.48 bits per heavy atom. The molecule has 1 N–H and O–H groups in total. The maximum atomic E-state index is 12.2. The minimum Gasteiger partial charge on any atom is -0.465 e. The number of nitrogens with zero attached hydrogens (tertiary/aromatic N) is 1. The van der Waals surface area contributed by atoms with Gasteiger partial charge in [0.15, 0.2) is 0 Å². The van der Waals surface area contributed by atoms with Gasteiger partial charge in [0.2, 0.25) is 0 Å². The summed E-state index contributed by atoms with van der Waals surface area (Å²) in [7, 11) is 2.09. The lowest BCUT2D eigenvalue weighted by atomic mass is 9.97. The number of esters is 1. The summed E-state index contributed by atoms with van der Waals surface area (Å²) in [6.45, 7) is 9.82. The summed E-state index contributed by atoms with van der Waals surface area (Å²) >= 11 is 0. The first-order valence-corrected chi connectivity index (χ1v) is 8.24. The van der Waals surface area contributed by atoms with Crippen molar-refractivity contribution in [1.82, 2.24) is 10.2 Å². The summed E-state index contributed by atoms with van der Waals surface area (Å²) in [5.74, 6) is -0.149. The molecular formula is C16H32N2O3. The normalized spacial score (nSPS) is 21.5. The lowest BCUT2D eigenvalue weighted by Gasteiger charge is -2.31. The molecule has 0 spiro atoms. The predicted molar refractivity (Wildman–Crippen MR) is 84.4 cm³/mol. The highest BCUT2D eigenvalue weighted by molar-refractivity contribution is 5.80. The molecule has 0 aromatic heterocycles. The van der Waals surface area contributed by atoms with Crippen molar-refractivity contribution >= 4 is 5.97 Å². The van der Waals surface area contributed by atoms with Crippen LogP contribution in [-0.4, -0.2) is 62.4 Å². The molecular weight excluding hydrogens is 268 g/mol. The van der Waals surface area contributed by atoms with E-state index in [1.54, 1.807) is 0 Å². The van der Waals surface area contributed by atoms with Crippen LogP contribution in [0.25, 0.3) is 0 Å². The van der Waals surface area contributed by atoms with Crippen LogP contribution in [-0.2, 0) is 14.3 Å². The van der Waals surface area contributed by atoms with Crippen LogP contribution in [0, 0.1) is 0 Å². The van der Waals surface area contributed by atoms with E-state index < -0.39 is 5.54 Å². The summed E-state index contributed by atoms with van der Waals surface area (Å²) in [5, 5.41) is 3.35. The van der Waals surface area contributed by atoms with Crippen molar-refractivity contribution in [2.45, 2.75) is 58.1 Å². The maximum Gasteiger partial charge on any atom is 0.326 e. The van der Waals surface area contributed by atoms with Gasteiger partial charge in [0.05, 0.1) is 12.7 Å². The molecule has 2 atom stereocenters. The van der Waals surface area contributed by atoms with Crippen molar-refractivity contribution < 1.29 is 14.3 Å². The quantitative estimate of drug-likeness (QED) is 0.624. The molecule has 0 radical (unpaired) electrons. The van der Waals surface area contributed by atoms with Gasteiger partial charge in [-0.2, -0.15) is 0 Å². The van der Waals surface area contributed by atoms with Crippen molar-refractivity contribution in [3.8, 4) is 0 Å². The van der Waals surface area contributed by atoms with Gasteiger partial charge >= 0.3 is 5.97 Å². The van der Waals surface area contributed by atoms with E-state index in [9.17, 15) is 4.79 Å². The van der Waals surface area contributed by atoms with Crippen LogP contribution in [0.1, 0.15) is 46.5 Å². The fraction of sp³-hybridized carbons (Fsp3) is 0.938. The van der Waals surface area contributed by atoms with Crippen molar-refractivity contribution in [1.29, 1.82) is 0 Å². The highest BCUT2D eigenvalue weighted by Gasteiger charge is 2.34. The van der Waals surface area contributed by atoms with Crippen LogP contribution >= 0.6 is 0 Å². The van der Waals surface area contributed by atoms with E-state index in [0.717, 1.165) is 51.9 Å². The van der Waals surface area contributed by atoms with E-state index in [0.29, 0.717) is 12.7 Å². The van der Waals surface area contributed by atoms with E-state index in [1.807, 2.05) is 13.8 Å². The fourth-order valence-corrected chi connectivity index (χ4v) is 2.60. The minimum absolute atomic E-state index is 0.149. The lowest BCUT2D eigenvalue weighted by Crippen LogP contribution is -2.52. The first kappa shape index (κ1) is 18.4. The monoisotopic (exact) mass is 300 g/mol. The highest BCUT2D eigenvalue weighted by Crippen LogP contribution is 2.16. The first-order chi connectivity index (χ1) is 10.0. The number of nitrogens with one attached hydrogen (secondary N) is 1. The van der Waals surface area contributed by atoms with E-state index >= 15 is 0 Å². The van der Waals surface area contributed by atoms with Crippen molar-refractivity contribution in [3.63, 3.8) is 0 Å². The second kappa shape index (κ2) is 9.38. The van der Waals surface area contributed by atoms with Gasteiger partial charge in [-0.25, -0.2) is 0 Å². The largest absolute Gasteiger partial charge is 0.465 e. The highest BCUT2D eigenvalue weighted by atomic mass is 16.5. The number of likely N-dealkylation sites (N-methyl/N-ethyl adjacent to an activating group) is 1. The van der Waals surface area contributed by atoms with Gasteiger partial charge in [0.1, 0.15) is 5.54 Å². The SMILES string of the molecule is CCCNC(C)(CCN(C)CC1CCCO1)C(=O)OCC. The Morgan fingerprint density at radius 2 is 2.24 bits per heavy atom. The molecule has 0 aromatic rings. The summed E-state index contributed by atoms with van der Waals surface area (Å²) in [6.07, 6.45) is 4.41. The van der Waals surface area contributed by atoms with Crippen LogP contribution < -0.4 is 5.32 Å². The number of hydrogen-bond donors (Lipinski definition) is 1. The van der Waals surface area contributed by atoms with Gasteiger partial charge < -0.3 is 19.7 Å². The van der Waals surface area contributed by atoms with Crippen LogP contribution in [0.3, 0.4) is 0 Å². The first-order valence-electron chi connectivity index (χ1n) is 8.24. The number of carbonyl (C=O) groups is 1. The van der Waals surface area contributed by atoms with Crippen molar-refractivity contribution in [2.75, 3.05) is 39.9 Å². The van der Waals surface area contributed by atoms with E-state index in [1.165, 1.54) is 0 Å². The summed E-state index contributed by atoms with van der Waals surface area (Å²) in [6, 6.07) is 0. The molecule has 0 aliphatic carbocycles. The molecule has 21 heavy (non-hydrogen) atoms. The number of carbonyl (C=O) groups excluding carboxylic acids is 1.